The third-order valence-corrected chi connectivity index (χ3v) is 4.97. The molecule has 178 valence electrons. The lowest BCUT2D eigenvalue weighted by atomic mass is 10.1. The van der Waals surface area contributed by atoms with Crippen LogP contribution < -0.4 is 27.4 Å². The first kappa shape index (κ1) is 24.5. The highest BCUT2D eigenvalue weighted by Gasteiger charge is 2.09. The minimum Gasteiger partial charge on any atom is -0.359 e. The van der Waals surface area contributed by atoms with E-state index in [4.69, 9.17) is 11.5 Å². The number of aromatic nitrogens is 2. The Morgan fingerprint density at radius 1 is 0.853 bits per heavy atom. The molecule has 34 heavy (non-hydrogen) atoms. The van der Waals surface area contributed by atoms with Crippen LogP contribution in [0.5, 0.6) is 0 Å². The van der Waals surface area contributed by atoms with Crippen molar-refractivity contribution in [3.8, 4) is 0 Å². The van der Waals surface area contributed by atoms with Crippen molar-refractivity contribution in [2.24, 2.45) is 11.5 Å². The van der Waals surface area contributed by atoms with E-state index in [1.807, 2.05) is 31.2 Å². The number of carbonyl (C=O) groups excluding carboxylic acids is 3. The summed E-state index contributed by atoms with van der Waals surface area (Å²) in [6, 6.07) is 14.7. The zero-order chi connectivity index (χ0) is 24.5. The smallest absolute Gasteiger partial charge is 0.267 e. The van der Waals surface area contributed by atoms with E-state index >= 15 is 0 Å². The van der Waals surface area contributed by atoms with Gasteiger partial charge in [-0.2, -0.15) is 0 Å². The number of H-pyrrole nitrogens is 2. The highest BCUT2D eigenvalue weighted by atomic mass is 16.2. The van der Waals surface area contributed by atoms with Crippen molar-refractivity contribution < 1.29 is 14.4 Å². The Kier molecular flexibility index (Phi) is 8.38. The minimum atomic E-state index is -0.193. The average molecular weight is 464 g/mol. The number of aryl methyl sites for hydroxylation is 1. The summed E-state index contributed by atoms with van der Waals surface area (Å²) in [6.45, 7) is 3.79. The van der Waals surface area contributed by atoms with Gasteiger partial charge in [0.05, 0.1) is 0 Å². The van der Waals surface area contributed by atoms with Gasteiger partial charge in [0, 0.05) is 64.9 Å². The van der Waals surface area contributed by atoms with Gasteiger partial charge in [0.15, 0.2) is 0 Å². The van der Waals surface area contributed by atoms with Crippen LogP contribution in [-0.4, -0.2) is 54.4 Å². The Labute approximate surface area is 196 Å². The fourth-order valence-corrected chi connectivity index (χ4v) is 3.40. The molecule has 0 saturated heterocycles. The minimum absolute atomic E-state index is 0.0776. The SMILES string of the molecule is Cc1cc2cc(C(=O)NCCN)ccc2[nH]1.NCCNC(=O)c1cc2cc(NC=O)ccc2[nH]1. The molecule has 0 fully saturated rings. The lowest BCUT2D eigenvalue weighted by Crippen LogP contribution is -2.29. The second-order valence-corrected chi connectivity index (χ2v) is 7.59. The molecule has 10 nitrogen and oxygen atoms in total. The second-order valence-electron chi connectivity index (χ2n) is 7.59. The molecule has 0 saturated carbocycles. The Bertz CT molecular complexity index is 1290. The number of amides is 3. The summed E-state index contributed by atoms with van der Waals surface area (Å²) in [5, 5.41) is 9.90. The molecule has 4 rings (SSSR count). The number of hydrogen-bond donors (Lipinski definition) is 7. The van der Waals surface area contributed by atoms with E-state index in [0.29, 0.717) is 49.5 Å². The molecule has 0 atom stereocenters. The van der Waals surface area contributed by atoms with Crippen LogP contribution in [0.2, 0.25) is 0 Å². The maximum absolute atomic E-state index is 11.7. The van der Waals surface area contributed by atoms with Crippen molar-refractivity contribution in [1.82, 2.24) is 20.6 Å². The fourth-order valence-electron chi connectivity index (χ4n) is 3.40. The first-order valence-corrected chi connectivity index (χ1v) is 10.8. The number of rotatable bonds is 8. The predicted octanol–water partition coefficient (Wildman–Crippen LogP) is 1.59. The van der Waals surface area contributed by atoms with E-state index in [0.717, 1.165) is 27.5 Å². The Morgan fingerprint density at radius 3 is 2.21 bits per heavy atom. The van der Waals surface area contributed by atoms with E-state index in [9.17, 15) is 14.4 Å². The number of fused-ring (bicyclic) bond motifs is 2. The Hall–Kier alpha value is -4.15. The standard InChI is InChI=1S/C12H14N4O2.C12H15N3O/c13-3-4-14-12(18)11-6-8-5-9(15-7-17)1-2-10(8)16-11;1-8-6-10-7-9(2-3-11(10)15-8)12(16)14-5-4-13/h1-2,5-7,16H,3-4,13H2,(H,14,18)(H,15,17);2-3,6-7,15H,4-5,13H2,1H3,(H,14,16). The molecule has 3 amide bonds. The molecule has 4 aromatic rings. The summed E-state index contributed by atoms with van der Waals surface area (Å²) in [5.41, 5.74) is 15.5. The average Bonchev–Trinajstić information content (AvgIpc) is 3.43. The van der Waals surface area contributed by atoms with E-state index in [2.05, 4.69) is 25.9 Å². The van der Waals surface area contributed by atoms with Crippen LogP contribution in [0.1, 0.15) is 26.5 Å². The summed E-state index contributed by atoms with van der Waals surface area (Å²) in [5.74, 6) is -0.271. The summed E-state index contributed by atoms with van der Waals surface area (Å²) in [6.07, 6.45) is 0.614. The van der Waals surface area contributed by atoms with Gasteiger partial charge in [0.2, 0.25) is 6.41 Å². The van der Waals surface area contributed by atoms with Crippen molar-refractivity contribution in [2.75, 3.05) is 31.5 Å². The molecule has 0 bridgehead atoms. The second kappa shape index (κ2) is 11.6. The molecule has 0 aliphatic heterocycles. The van der Waals surface area contributed by atoms with E-state index in [-0.39, 0.29) is 11.8 Å². The highest BCUT2D eigenvalue weighted by molar-refractivity contribution is 5.99. The molecule has 0 aliphatic rings. The van der Waals surface area contributed by atoms with Crippen molar-refractivity contribution in [3.05, 3.63) is 65.5 Å². The largest absolute Gasteiger partial charge is 0.359 e. The van der Waals surface area contributed by atoms with Crippen LogP contribution in [0.4, 0.5) is 5.69 Å². The third-order valence-electron chi connectivity index (χ3n) is 4.97. The van der Waals surface area contributed by atoms with Gasteiger partial charge in [-0.15, -0.1) is 0 Å². The van der Waals surface area contributed by atoms with Gasteiger partial charge in [0.1, 0.15) is 5.69 Å². The number of hydrogen-bond acceptors (Lipinski definition) is 5. The highest BCUT2D eigenvalue weighted by Crippen LogP contribution is 2.20. The van der Waals surface area contributed by atoms with Gasteiger partial charge in [0.25, 0.3) is 11.8 Å². The van der Waals surface area contributed by atoms with Crippen molar-refractivity contribution in [3.63, 3.8) is 0 Å². The van der Waals surface area contributed by atoms with Crippen LogP contribution in [0.3, 0.4) is 0 Å². The van der Waals surface area contributed by atoms with Crippen LogP contribution in [0, 0.1) is 6.92 Å². The molecule has 0 radical (unpaired) electrons. The zero-order valence-corrected chi connectivity index (χ0v) is 18.9. The topological polar surface area (TPSA) is 171 Å². The van der Waals surface area contributed by atoms with Gasteiger partial charge >= 0.3 is 0 Å². The van der Waals surface area contributed by atoms with E-state index in [1.165, 1.54) is 0 Å². The quantitative estimate of drug-likeness (QED) is 0.196. The number of benzene rings is 2. The molecular formula is C24H29N7O3. The molecule has 0 unspecified atom stereocenters. The maximum atomic E-state index is 11.7. The lowest BCUT2D eigenvalue weighted by Gasteiger charge is -2.03. The number of nitrogens with two attached hydrogens (primary N) is 2. The zero-order valence-electron chi connectivity index (χ0n) is 18.9. The molecule has 0 aliphatic carbocycles. The normalized spacial score (nSPS) is 10.4. The molecule has 2 heterocycles. The summed E-state index contributed by atoms with van der Waals surface area (Å²) >= 11 is 0. The molecule has 10 heteroatoms. The Balaban J connectivity index is 0.000000192. The molecule has 2 aromatic heterocycles. The van der Waals surface area contributed by atoms with Gasteiger partial charge < -0.3 is 37.4 Å². The molecule has 9 N–H and O–H groups in total. The first-order valence-electron chi connectivity index (χ1n) is 10.8. The van der Waals surface area contributed by atoms with Crippen molar-refractivity contribution in [1.29, 1.82) is 0 Å². The molecular weight excluding hydrogens is 434 g/mol. The van der Waals surface area contributed by atoms with Crippen LogP contribution in [0.25, 0.3) is 21.8 Å². The summed E-state index contributed by atoms with van der Waals surface area (Å²) < 4.78 is 0. The van der Waals surface area contributed by atoms with Crippen LogP contribution >= 0.6 is 0 Å². The van der Waals surface area contributed by atoms with Gasteiger partial charge in [-0.3, -0.25) is 14.4 Å². The Morgan fingerprint density at radius 2 is 1.50 bits per heavy atom. The van der Waals surface area contributed by atoms with Crippen molar-refractivity contribution >= 4 is 45.7 Å². The summed E-state index contributed by atoms with van der Waals surface area (Å²) in [7, 11) is 0. The monoisotopic (exact) mass is 463 g/mol. The van der Waals surface area contributed by atoms with Gasteiger partial charge in [-0.1, -0.05) is 0 Å². The molecule has 0 spiro atoms. The maximum Gasteiger partial charge on any atom is 0.267 e. The first-order chi connectivity index (χ1) is 16.4. The lowest BCUT2D eigenvalue weighted by molar-refractivity contribution is -0.105. The van der Waals surface area contributed by atoms with E-state index in [1.54, 1.807) is 24.3 Å². The van der Waals surface area contributed by atoms with E-state index < -0.39 is 0 Å². The fraction of sp³-hybridized carbons (Fsp3) is 0.208. The van der Waals surface area contributed by atoms with Crippen molar-refractivity contribution in [2.45, 2.75) is 6.92 Å². The van der Waals surface area contributed by atoms with Gasteiger partial charge in [-0.25, -0.2) is 0 Å². The molecule has 2 aromatic carbocycles. The summed E-state index contributed by atoms with van der Waals surface area (Å²) in [4.78, 5) is 40.0. The number of carbonyl (C=O) groups is 3. The van der Waals surface area contributed by atoms with Crippen LogP contribution in [-0.2, 0) is 4.79 Å². The van der Waals surface area contributed by atoms with Gasteiger partial charge in [-0.05, 0) is 55.5 Å². The number of aromatic amines is 2. The third kappa shape index (κ3) is 6.21. The number of nitrogens with one attached hydrogen (secondary N) is 5. The van der Waals surface area contributed by atoms with Crippen LogP contribution in [0.15, 0.2) is 48.5 Å². The predicted molar refractivity (Wildman–Crippen MR) is 134 cm³/mol. The number of anilines is 1.